The van der Waals surface area contributed by atoms with Gasteiger partial charge in [0.1, 0.15) is 5.82 Å². The average Bonchev–Trinajstić information content (AvgIpc) is 2.33. The minimum atomic E-state index is -0.207. The van der Waals surface area contributed by atoms with Crippen LogP contribution in [0.1, 0.15) is 30.9 Å². The van der Waals surface area contributed by atoms with Gasteiger partial charge in [-0.05, 0) is 40.6 Å². The molecule has 1 aliphatic heterocycles. The van der Waals surface area contributed by atoms with Crippen LogP contribution in [0.3, 0.4) is 0 Å². The number of hydrogen-bond donors (Lipinski definition) is 1. The number of hydrogen-bond acceptors (Lipinski definition) is 2. The van der Waals surface area contributed by atoms with Gasteiger partial charge in [0.2, 0.25) is 0 Å². The summed E-state index contributed by atoms with van der Waals surface area (Å²) in [6.45, 7) is 0. The van der Waals surface area contributed by atoms with Crippen molar-refractivity contribution in [2.75, 3.05) is 5.75 Å². The van der Waals surface area contributed by atoms with Crippen LogP contribution in [0.4, 0.5) is 4.39 Å². The molecule has 1 aliphatic rings. The minimum absolute atomic E-state index is 0.192. The average molecular weight is 304 g/mol. The maximum absolute atomic E-state index is 13.9. The first-order chi connectivity index (χ1) is 7.70. The van der Waals surface area contributed by atoms with Gasteiger partial charge in [-0.1, -0.05) is 18.6 Å². The van der Waals surface area contributed by atoms with E-state index < -0.39 is 0 Å². The summed E-state index contributed by atoms with van der Waals surface area (Å²) in [5.41, 5.74) is 6.79. The van der Waals surface area contributed by atoms with Gasteiger partial charge in [-0.2, -0.15) is 11.8 Å². The lowest BCUT2D eigenvalue weighted by Crippen LogP contribution is -2.27. The highest BCUT2D eigenvalue weighted by atomic mass is 79.9. The van der Waals surface area contributed by atoms with Crippen LogP contribution in [0, 0.1) is 5.82 Å². The van der Waals surface area contributed by atoms with E-state index in [4.69, 9.17) is 5.73 Å². The molecule has 1 fully saturated rings. The summed E-state index contributed by atoms with van der Waals surface area (Å²) in [4.78, 5) is 0. The summed E-state index contributed by atoms with van der Waals surface area (Å²) < 4.78 is 14.4. The fourth-order valence-electron chi connectivity index (χ4n) is 2.03. The fourth-order valence-corrected chi connectivity index (χ4v) is 3.77. The van der Waals surface area contributed by atoms with E-state index in [1.165, 1.54) is 12.8 Å². The Balaban J connectivity index is 2.19. The zero-order chi connectivity index (χ0) is 11.5. The van der Waals surface area contributed by atoms with Crippen molar-refractivity contribution >= 4 is 27.7 Å². The maximum Gasteiger partial charge on any atom is 0.142 e. The van der Waals surface area contributed by atoms with Crippen molar-refractivity contribution in [2.45, 2.75) is 30.6 Å². The van der Waals surface area contributed by atoms with E-state index >= 15 is 0 Å². The van der Waals surface area contributed by atoms with Crippen LogP contribution in [-0.2, 0) is 0 Å². The number of thioether (sulfide) groups is 1. The molecule has 1 nitrogen and oxygen atoms in total. The summed E-state index contributed by atoms with van der Waals surface area (Å²) in [5, 5.41) is 0.359. The van der Waals surface area contributed by atoms with Crippen molar-refractivity contribution in [3.05, 3.63) is 34.1 Å². The summed E-state index contributed by atoms with van der Waals surface area (Å²) in [6, 6.07) is 5.15. The van der Waals surface area contributed by atoms with Crippen molar-refractivity contribution in [1.29, 1.82) is 0 Å². The van der Waals surface area contributed by atoms with E-state index in [9.17, 15) is 4.39 Å². The molecule has 0 saturated carbocycles. The summed E-state index contributed by atoms with van der Waals surface area (Å²) in [7, 11) is 0. The van der Waals surface area contributed by atoms with Gasteiger partial charge in [-0.25, -0.2) is 4.39 Å². The number of rotatable bonds is 2. The molecule has 4 heteroatoms. The maximum atomic E-state index is 13.9. The number of benzene rings is 1. The van der Waals surface area contributed by atoms with E-state index in [2.05, 4.69) is 15.9 Å². The lowest BCUT2D eigenvalue weighted by Gasteiger charge is -2.27. The largest absolute Gasteiger partial charge is 0.323 e. The first kappa shape index (κ1) is 12.4. The third-order valence-electron chi connectivity index (χ3n) is 2.96. The standard InChI is InChI=1S/C12H15BrFNS/c13-9-5-3-4-8(11(9)14)12(15)10-6-1-2-7-16-10/h3-5,10,12H,1-2,6-7,15H2. The second-order valence-electron chi connectivity index (χ2n) is 4.07. The number of nitrogens with two attached hydrogens (primary N) is 1. The highest BCUT2D eigenvalue weighted by molar-refractivity contribution is 9.10. The molecule has 0 aliphatic carbocycles. The molecule has 2 rings (SSSR count). The molecule has 0 aromatic heterocycles. The molecule has 1 aromatic rings. The van der Waals surface area contributed by atoms with Gasteiger partial charge in [0.15, 0.2) is 0 Å². The summed E-state index contributed by atoms with van der Waals surface area (Å²) in [5.74, 6) is 0.940. The molecular weight excluding hydrogens is 289 g/mol. The predicted octanol–water partition coefficient (Wildman–Crippen LogP) is 3.87. The topological polar surface area (TPSA) is 26.0 Å². The normalized spacial score (nSPS) is 23.1. The Bertz CT molecular complexity index is 366. The molecule has 2 atom stereocenters. The quantitative estimate of drug-likeness (QED) is 0.897. The van der Waals surface area contributed by atoms with Crippen molar-refractivity contribution < 1.29 is 4.39 Å². The lowest BCUT2D eigenvalue weighted by molar-refractivity contribution is 0.538. The van der Waals surface area contributed by atoms with Crippen LogP contribution in [-0.4, -0.2) is 11.0 Å². The SMILES string of the molecule is NC(c1cccc(Br)c1F)C1CCCCS1. The van der Waals surface area contributed by atoms with Gasteiger partial charge in [0.25, 0.3) is 0 Å². The smallest absolute Gasteiger partial charge is 0.142 e. The van der Waals surface area contributed by atoms with Gasteiger partial charge in [0.05, 0.1) is 4.47 Å². The van der Waals surface area contributed by atoms with Gasteiger partial charge in [-0.3, -0.25) is 0 Å². The zero-order valence-corrected chi connectivity index (χ0v) is 11.4. The Morgan fingerprint density at radius 3 is 2.94 bits per heavy atom. The molecule has 88 valence electrons. The molecule has 0 spiro atoms. The zero-order valence-electron chi connectivity index (χ0n) is 8.96. The summed E-state index contributed by atoms with van der Waals surface area (Å²) in [6.07, 6.45) is 3.56. The molecule has 2 N–H and O–H groups in total. The molecule has 0 bridgehead atoms. The molecular formula is C12H15BrFNS. The highest BCUT2D eigenvalue weighted by Gasteiger charge is 2.25. The highest BCUT2D eigenvalue weighted by Crippen LogP contribution is 2.35. The Morgan fingerprint density at radius 1 is 1.44 bits per heavy atom. The minimum Gasteiger partial charge on any atom is -0.323 e. The van der Waals surface area contributed by atoms with Crippen molar-refractivity contribution in [3.8, 4) is 0 Å². The molecule has 1 heterocycles. The Kier molecular flexibility index (Phi) is 4.27. The third-order valence-corrected chi connectivity index (χ3v) is 5.05. The van der Waals surface area contributed by atoms with Crippen LogP contribution in [0.25, 0.3) is 0 Å². The van der Waals surface area contributed by atoms with Gasteiger partial charge in [0, 0.05) is 16.9 Å². The predicted molar refractivity (Wildman–Crippen MR) is 71.1 cm³/mol. The van der Waals surface area contributed by atoms with Crippen molar-refractivity contribution in [1.82, 2.24) is 0 Å². The fraction of sp³-hybridized carbons (Fsp3) is 0.500. The molecule has 0 radical (unpaired) electrons. The van der Waals surface area contributed by atoms with Gasteiger partial charge >= 0.3 is 0 Å². The van der Waals surface area contributed by atoms with E-state index in [1.54, 1.807) is 12.1 Å². The Hall–Kier alpha value is -0.0600. The lowest BCUT2D eigenvalue weighted by atomic mass is 10.00. The first-order valence-corrected chi connectivity index (χ1v) is 7.35. The molecule has 0 amide bonds. The van der Waals surface area contributed by atoms with Crippen LogP contribution in [0.2, 0.25) is 0 Å². The van der Waals surface area contributed by atoms with Crippen LogP contribution < -0.4 is 5.73 Å². The monoisotopic (exact) mass is 303 g/mol. The summed E-state index contributed by atoms with van der Waals surface area (Å²) >= 11 is 5.07. The van der Waals surface area contributed by atoms with Gasteiger partial charge < -0.3 is 5.73 Å². The molecule has 1 aromatic carbocycles. The Labute approximate surface area is 108 Å². The third kappa shape index (κ3) is 2.60. The van der Waals surface area contributed by atoms with Crippen LogP contribution in [0.15, 0.2) is 22.7 Å². The van der Waals surface area contributed by atoms with Crippen molar-refractivity contribution in [3.63, 3.8) is 0 Å². The molecule has 2 unspecified atom stereocenters. The Morgan fingerprint density at radius 2 is 2.25 bits per heavy atom. The number of halogens is 2. The van der Waals surface area contributed by atoms with Crippen LogP contribution in [0.5, 0.6) is 0 Å². The second-order valence-corrected chi connectivity index (χ2v) is 6.28. The van der Waals surface area contributed by atoms with Gasteiger partial charge in [-0.15, -0.1) is 0 Å². The van der Waals surface area contributed by atoms with E-state index in [0.717, 1.165) is 12.2 Å². The van der Waals surface area contributed by atoms with Crippen LogP contribution >= 0.6 is 27.7 Å². The molecule has 1 saturated heterocycles. The van der Waals surface area contributed by atoms with Crippen molar-refractivity contribution in [2.24, 2.45) is 5.73 Å². The molecule has 16 heavy (non-hydrogen) atoms. The second kappa shape index (κ2) is 5.52. The van der Waals surface area contributed by atoms with E-state index in [-0.39, 0.29) is 11.9 Å². The van der Waals surface area contributed by atoms with E-state index in [0.29, 0.717) is 15.3 Å². The first-order valence-electron chi connectivity index (χ1n) is 5.51. The van der Waals surface area contributed by atoms with E-state index in [1.807, 2.05) is 17.8 Å².